The third kappa shape index (κ3) is 4.10. The lowest BCUT2D eigenvalue weighted by Gasteiger charge is -2.18. The molecule has 1 aromatic carbocycles. The van der Waals surface area contributed by atoms with Gasteiger partial charge in [-0.05, 0) is 39.7 Å². The monoisotopic (exact) mass is 435 g/mol. The van der Waals surface area contributed by atoms with Crippen LogP contribution in [0.4, 0.5) is 5.82 Å². The highest BCUT2D eigenvalue weighted by atomic mass is 16.5. The first-order valence-corrected chi connectivity index (χ1v) is 10.7. The fourth-order valence-corrected chi connectivity index (χ4v) is 3.92. The van der Waals surface area contributed by atoms with Gasteiger partial charge >= 0.3 is 0 Å². The van der Waals surface area contributed by atoms with Crippen molar-refractivity contribution in [1.82, 2.24) is 19.7 Å². The van der Waals surface area contributed by atoms with Crippen LogP contribution in [-0.2, 0) is 11.2 Å². The maximum absolute atomic E-state index is 12.7. The molecule has 166 valence electrons. The predicted octanol–water partition coefficient (Wildman–Crippen LogP) is 2.87. The minimum atomic E-state index is -0.349. The quantitative estimate of drug-likeness (QED) is 0.616. The summed E-state index contributed by atoms with van der Waals surface area (Å²) in [6.07, 6.45) is 2.90. The Hall–Kier alpha value is -3.62. The number of fused-ring (bicyclic) bond motifs is 1. The molecule has 32 heavy (non-hydrogen) atoms. The van der Waals surface area contributed by atoms with Gasteiger partial charge in [0.05, 0.1) is 5.69 Å². The molecule has 1 aliphatic heterocycles. The minimum Gasteiger partial charge on any atom is -0.483 e. The molecule has 0 unspecified atom stereocenters. The van der Waals surface area contributed by atoms with Crippen LogP contribution in [0.1, 0.15) is 49.6 Å². The molecule has 5 rings (SSSR count). The van der Waals surface area contributed by atoms with Gasteiger partial charge in [-0.15, -0.1) is 0 Å². The van der Waals surface area contributed by atoms with Crippen molar-refractivity contribution in [3.63, 3.8) is 0 Å². The number of H-pyrrole nitrogens is 1. The molecular formula is C23H25N5O4. The number of para-hydroxylation sites is 1. The van der Waals surface area contributed by atoms with Crippen LogP contribution in [0.2, 0.25) is 0 Å². The van der Waals surface area contributed by atoms with Gasteiger partial charge in [0, 0.05) is 35.7 Å². The molecule has 0 spiro atoms. The predicted molar refractivity (Wildman–Crippen MR) is 118 cm³/mol. The Balaban J connectivity index is 1.34. The zero-order valence-electron chi connectivity index (χ0n) is 18.3. The third-order valence-corrected chi connectivity index (χ3v) is 5.46. The number of carbonyl (C=O) groups is 1. The Bertz CT molecular complexity index is 1260. The molecule has 0 saturated heterocycles. The highest BCUT2D eigenvalue weighted by Crippen LogP contribution is 2.42. The number of aromatic amines is 1. The van der Waals surface area contributed by atoms with Crippen LogP contribution in [0.5, 0.6) is 11.5 Å². The molecule has 2 aromatic heterocycles. The number of carbonyl (C=O) groups excluding carboxylic acids is 1. The first kappa shape index (κ1) is 20.3. The molecule has 0 bridgehead atoms. The van der Waals surface area contributed by atoms with E-state index in [2.05, 4.69) is 20.4 Å². The zero-order chi connectivity index (χ0) is 22.5. The summed E-state index contributed by atoms with van der Waals surface area (Å²) in [6, 6.07) is 8.93. The van der Waals surface area contributed by atoms with Crippen molar-refractivity contribution < 1.29 is 14.3 Å². The number of rotatable bonds is 6. The number of aryl methyl sites for hydroxylation is 1. The van der Waals surface area contributed by atoms with Crippen LogP contribution in [0.3, 0.4) is 0 Å². The summed E-state index contributed by atoms with van der Waals surface area (Å²) in [5, 5.41) is 7.41. The van der Waals surface area contributed by atoms with E-state index in [1.165, 1.54) is 10.7 Å². The van der Waals surface area contributed by atoms with E-state index < -0.39 is 0 Å². The number of ether oxygens (including phenoxy) is 2. The topological polar surface area (TPSA) is 111 Å². The molecule has 0 atom stereocenters. The average Bonchev–Trinajstić information content (AvgIpc) is 3.39. The van der Waals surface area contributed by atoms with Crippen LogP contribution in [-0.4, -0.2) is 37.9 Å². The number of benzene rings is 1. The Morgan fingerprint density at radius 1 is 1.34 bits per heavy atom. The number of hydrogen-bond donors (Lipinski definition) is 2. The molecule has 1 aliphatic carbocycles. The second-order valence-corrected chi connectivity index (χ2v) is 8.97. The van der Waals surface area contributed by atoms with Crippen molar-refractivity contribution in [2.24, 2.45) is 0 Å². The van der Waals surface area contributed by atoms with Crippen molar-refractivity contribution in [3.05, 3.63) is 57.6 Å². The smallest absolute Gasteiger partial charge is 0.263 e. The Kier molecular flexibility index (Phi) is 4.76. The molecule has 1 amide bonds. The standard InChI is InChI=1S/C23H25N5O4/c1-13-9-19(29)26-22(24-13)28-18(10-16(27-28)14-7-8-14)25-20(30)12-31-17-6-4-5-15-11-23(2,3)32-21(15)17/h4-6,9-10,14H,7-8,11-12H2,1-3H3,(H,25,30)(H,24,26,29). The number of nitrogens with zero attached hydrogens (tertiary/aromatic N) is 3. The fraction of sp³-hybridized carbons (Fsp3) is 0.391. The van der Waals surface area contributed by atoms with Crippen molar-refractivity contribution in [2.45, 2.75) is 51.6 Å². The first-order valence-electron chi connectivity index (χ1n) is 10.7. The van der Waals surface area contributed by atoms with E-state index in [9.17, 15) is 9.59 Å². The Morgan fingerprint density at radius 2 is 2.16 bits per heavy atom. The first-order chi connectivity index (χ1) is 15.3. The molecule has 9 heteroatoms. The van der Waals surface area contributed by atoms with Crippen molar-refractivity contribution in [1.29, 1.82) is 0 Å². The lowest BCUT2D eigenvalue weighted by atomic mass is 10.0. The van der Waals surface area contributed by atoms with Gasteiger partial charge in [-0.25, -0.2) is 4.98 Å². The Morgan fingerprint density at radius 3 is 2.91 bits per heavy atom. The van der Waals surface area contributed by atoms with Crippen molar-refractivity contribution >= 4 is 11.7 Å². The van der Waals surface area contributed by atoms with E-state index in [-0.39, 0.29) is 29.6 Å². The van der Waals surface area contributed by atoms with Crippen LogP contribution < -0.4 is 20.3 Å². The fourth-order valence-electron chi connectivity index (χ4n) is 3.92. The summed E-state index contributed by atoms with van der Waals surface area (Å²) in [6.45, 7) is 5.58. The van der Waals surface area contributed by atoms with Crippen molar-refractivity contribution in [2.75, 3.05) is 11.9 Å². The maximum Gasteiger partial charge on any atom is 0.263 e. The summed E-state index contributed by atoms with van der Waals surface area (Å²) in [7, 11) is 0. The number of anilines is 1. The molecule has 1 saturated carbocycles. The number of aromatic nitrogens is 4. The average molecular weight is 435 g/mol. The second-order valence-electron chi connectivity index (χ2n) is 8.97. The molecule has 3 aromatic rings. The van der Waals surface area contributed by atoms with Gasteiger partial charge in [0.2, 0.25) is 5.95 Å². The molecule has 2 aliphatic rings. The van der Waals surface area contributed by atoms with E-state index in [1.807, 2.05) is 32.0 Å². The summed E-state index contributed by atoms with van der Waals surface area (Å²) in [5.74, 6) is 1.94. The molecule has 0 radical (unpaired) electrons. The van der Waals surface area contributed by atoms with Gasteiger partial charge in [0.15, 0.2) is 18.1 Å². The summed E-state index contributed by atoms with van der Waals surface area (Å²) >= 11 is 0. The van der Waals surface area contributed by atoms with Gasteiger partial charge in [-0.1, -0.05) is 12.1 Å². The SMILES string of the molecule is Cc1cc(=O)[nH]c(-n2nc(C3CC3)cc2NC(=O)COc2cccc3c2OC(C)(C)C3)n1. The molecule has 9 nitrogen and oxygen atoms in total. The second kappa shape index (κ2) is 7.51. The number of nitrogens with one attached hydrogen (secondary N) is 2. The van der Waals surface area contributed by atoms with E-state index >= 15 is 0 Å². The molecule has 2 N–H and O–H groups in total. The van der Waals surface area contributed by atoms with Crippen LogP contribution >= 0.6 is 0 Å². The summed E-state index contributed by atoms with van der Waals surface area (Å²) < 4.78 is 13.2. The normalized spacial score (nSPS) is 16.3. The van der Waals surface area contributed by atoms with E-state index in [0.717, 1.165) is 30.5 Å². The van der Waals surface area contributed by atoms with Gasteiger partial charge in [-0.3, -0.25) is 14.6 Å². The van der Waals surface area contributed by atoms with E-state index in [0.29, 0.717) is 28.9 Å². The van der Waals surface area contributed by atoms with Crippen LogP contribution in [0.25, 0.3) is 5.95 Å². The van der Waals surface area contributed by atoms with Gasteiger partial charge < -0.3 is 14.8 Å². The molecule has 3 heterocycles. The molecular weight excluding hydrogens is 410 g/mol. The van der Waals surface area contributed by atoms with E-state index in [1.54, 1.807) is 13.0 Å². The summed E-state index contributed by atoms with van der Waals surface area (Å²) in [5.41, 5.74) is 1.91. The van der Waals surface area contributed by atoms with Crippen LogP contribution in [0, 0.1) is 6.92 Å². The maximum atomic E-state index is 12.7. The van der Waals surface area contributed by atoms with E-state index in [4.69, 9.17) is 9.47 Å². The Labute approximate surface area is 184 Å². The van der Waals surface area contributed by atoms with Crippen LogP contribution in [0.15, 0.2) is 35.1 Å². The number of hydrogen-bond acceptors (Lipinski definition) is 6. The minimum absolute atomic E-state index is 0.193. The highest BCUT2D eigenvalue weighted by Gasteiger charge is 2.32. The van der Waals surface area contributed by atoms with Gasteiger partial charge in [0.25, 0.3) is 11.5 Å². The van der Waals surface area contributed by atoms with Gasteiger partial charge in [0.1, 0.15) is 11.4 Å². The lowest BCUT2D eigenvalue weighted by molar-refractivity contribution is -0.118. The third-order valence-electron chi connectivity index (χ3n) is 5.46. The molecule has 1 fully saturated rings. The largest absolute Gasteiger partial charge is 0.483 e. The van der Waals surface area contributed by atoms with Crippen molar-refractivity contribution in [3.8, 4) is 17.4 Å². The summed E-state index contributed by atoms with van der Waals surface area (Å²) in [4.78, 5) is 31.7. The highest BCUT2D eigenvalue weighted by molar-refractivity contribution is 5.91. The zero-order valence-corrected chi connectivity index (χ0v) is 18.3. The lowest BCUT2D eigenvalue weighted by Crippen LogP contribution is -2.25. The van der Waals surface area contributed by atoms with Gasteiger partial charge in [-0.2, -0.15) is 9.78 Å². The number of amides is 1.